The molecule has 0 saturated carbocycles. The lowest BCUT2D eigenvalue weighted by molar-refractivity contribution is -0.178. The van der Waals surface area contributed by atoms with E-state index in [2.05, 4.69) is 20.3 Å². The van der Waals surface area contributed by atoms with Gasteiger partial charge in [0.1, 0.15) is 11.6 Å². The Hall–Kier alpha value is -2.20. The lowest BCUT2D eigenvalue weighted by Crippen LogP contribution is -2.55. The van der Waals surface area contributed by atoms with Crippen molar-refractivity contribution >= 4 is 35.2 Å². The molecular formula is C18H23ClF3N5O2. The summed E-state index contributed by atoms with van der Waals surface area (Å²) >= 11 is 0. The first-order valence-corrected chi connectivity index (χ1v) is 9.02. The molecule has 2 aromatic rings. The third kappa shape index (κ3) is 5.24. The van der Waals surface area contributed by atoms with Crippen LogP contribution in [-0.2, 0) is 4.79 Å². The molecule has 11 heteroatoms. The zero-order valence-corrected chi connectivity index (χ0v) is 16.7. The van der Waals surface area contributed by atoms with Crippen LogP contribution in [0.1, 0.15) is 20.3 Å². The third-order valence-corrected chi connectivity index (χ3v) is 4.85. The number of aromatic nitrogens is 3. The van der Waals surface area contributed by atoms with Crippen LogP contribution in [0.25, 0.3) is 11.2 Å². The Morgan fingerprint density at radius 3 is 2.52 bits per heavy atom. The smallest absolute Gasteiger partial charge is 0.383 e. The molecule has 2 N–H and O–H groups in total. The molecule has 0 aromatic carbocycles. The van der Waals surface area contributed by atoms with Crippen molar-refractivity contribution in [1.82, 2.24) is 20.3 Å². The van der Waals surface area contributed by atoms with Gasteiger partial charge >= 0.3 is 6.18 Å². The summed E-state index contributed by atoms with van der Waals surface area (Å²) in [5.74, 6) is -2.62. The normalized spacial score (nSPS) is 21.0. The molecule has 1 aliphatic rings. The van der Waals surface area contributed by atoms with Gasteiger partial charge < -0.3 is 15.3 Å². The van der Waals surface area contributed by atoms with Crippen molar-refractivity contribution in [2.75, 3.05) is 18.0 Å². The number of amides is 1. The number of hydrogen-bond donors (Lipinski definition) is 2. The van der Waals surface area contributed by atoms with Gasteiger partial charge in [0.05, 0.1) is 11.6 Å². The first-order chi connectivity index (χ1) is 13.2. The summed E-state index contributed by atoms with van der Waals surface area (Å²) in [6.07, 6.45) is -1.54. The third-order valence-electron chi connectivity index (χ3n) is 4.85. The molecular weight excluding hydrogens is 411 g/mol. The van der Waals surface area contributed by atoms with Crippen molar-refractivity contribution in [3.63, 3.8) is 0 Å². The van der Waals surface area contributed by atoms with Crippen molar-refractivity contribution in [3.8, 4) is 0 Å². The highest BCUT2D eigenvalue weighted by atomic mass is 35.5. The number of aliphatic hydroxyl groups excluding tert-OH is 1. The van der Waals surface area contributed by atoms with Gasteiger partial charge in [0.15, 0.2) is 5.65 Å². The highest BCUT2D eigenvalue weighted by Crippen LogP contribution is 2.36. The number of pyridine rings is 1. The lowest BCUT2D eigenvalue weighted by atomic mass is 9.92. The Morgan fingerprint density at radius 1 is 1.21 bits per heavy atom. The van der Waals surface area contributed by atoms with Gasteiger partial charge in [-0.2, -0.15) is 13.2 Å². The molecule has 1 amide bonds. The van der Waals surface area contributed by atoms with E-state index in [-0.39, 0.29) is 37.8 Å². The van der Waals surface area contributed by atoms with E-state index in [0.717, 1.165) is 0 Å². The van der Waals surface area contributed by atoms with Crippen LogP contribution in [0.2, 0.25) is 0 Å². The zero-order chi connectivity index (χ0) is 20.5. The summed E-state index contributed by atoms with van der Waals surface area (Å²) in [4.78, 5) is 26.1. The van der Waals surface area contributed by atoms with Crippen molar-refractivity contribution in [1.29, 1.82) is 0 Å². The van der Waals surface area contributed by atoms with Crippen LogP contribution in [0, 0.1) is 11.8 Å². The van der Waals surface area contributed by atoms with E-state index in [1.165, 1.54) is 18.6 Å². The molecule has 160 valence electrons. The van der Waals surface area contributed by atoms with Gasteiger partial charge in [0.25, 0.3) is 0 Å². The van der Waals surface area contributed by atoms with Crippen LogP contribution in [0.15, 0.2) is 24.7 Å². The maximum atomic E-state index is 13.5. The Balaban J connectivity index is 0.00000300. The second-order valence-corrected chi connectivity index (χ2v) is 7.33. The number of alkyl halides is 3. The first-order valence-electron chi connectivity index (χ1n) is 9.02. The fourth-order valence-corrected chi connectivity index (χ4v) is 3.35. The zero-order valence-electron chi connectivity index (χ0n) is 15.9. The quantitative estimate of drug-likeness (QED) is 0.769. The second-order valence-electron chi connectivity index (χ2n) is 7.33. The van der Waals surface area contributed by atoms with Crippen molar-refractivity contribution < 1.29 is 23.1 Å². The number of anilines is 1. The summed E-state index contributed by atoms with van der Waals surface area (Å²) in [5.41, 5.74) is 1.22. The molecule has 0 unspecified atom stereocenters. The van der Waals surface area contributed by atoms with Crippen LogP contribution in [0.3, 0.4) is 0 Å². The topological polar surface area (TPSA) is 91.2 Å². The minimum atomic E-state index is -4.41. The predicted octanol–water partition coefficient (Wildman–Crippen LogP) is 2.34. The van der Waals surface area contributed by atoms with E-state index in [9.17, 15) is 23.1 Å². The number of carbonyl (C=O) groups is 1. The van der Waals surface area contributed by atoms with Crippen LogP contribution in [-0.4, -0.2) is 57.4 Å². The Kier molecular flexibility index (Phi) is 7.23. The van der Waals surface area contributed by atoms with E-state index in [1.54, 1.807) is 24.8 Å². The number of halogens is 4. The van der Waals surface area contributed by atoms with Crippen LogP contribution in [0.5, 0.6) is 0 Å². The molecule has 2 aromatic heterocycles. The van der Waals surface area contributed by atoms with E-state index in [4.69, 9.17) is 0 Å². The number of nitrogens with zero attached hydrogens (tertiary/aromatic N) is 4. The number of nitrogens with one attached hydrogen (secondary N) is 1. The first kappa shape index (κ1) is 23.1. The van der Waals surface area contributed by atoms with Gasteiger partial charge in [-0.15, -0.1) is 12.4 Å². The highest BCUT2D eigenvalue weighted by Gasteiger charge is 2.45. The summed E-state index contributed by atoms with van der Waals surface area (Å²) in [7, 11) is 0. The number of piperidine rings is 1. The Labute approximate surface area is 172 Å². The van der Waals surface area contributed by atoms with Crippen LogP contribution in [0.4, 0.5) is 18.9 Å². The molecule has 0 radical (unpaired) electrons. The van der Waals surface area contributed by atoms with E-state index >= 15 is 0 Å². The number of aliphatic hydroxyl groups is 1. The largest absolute Gasteiger partial charge is 0.393 e. The van der Waals surface area contributed by atoms with E-state index in [0.29, 0.717) is 16.9 Å². The summed E-state index contributed by atoms with van der Waals surface area (Å²) in [6, 6.07) is 0.832. The number of hydrogen-bond acceptors (Lipinski definition) is 6. The maximum absolute atomic E-state index is 13.5. The average Bonchev–Trinajstić information content (AvgIpc) is 2.65. The minimum Gasteiger partial charge on any atom is -0.383 e. The standard InChI is InChI=1S/C18H22F3N5O2.ClH/c1-10(2)15(27)17(28)25-12-7-11(18(19,20)21)8-26(9-12)13-3-4-23-16-14(13)22-5-6-24-16;/h3-6,10-12,15,27H,7-9H2,1-2H3,(H,25,28);1H/t11-,12+,15-;/m0./s1. The monoisotopic (exact) mass is 433 g/mol. The van der Waals surface area contributed by atoms with Crippen LogP contribution >= 0.6 is 12.4 Å². The van der Waals surface area contributed by atoms with Gasteiger partial charge in [0, 0.05) is 37.7 Å². The molecule has 3 heterocycles. The van der Waals surface area contributed by atoms with E-state index < -0.39 is 30.1 Å². The molecule has 0 spiro atoms. The molecule has 3 rings (SSSR count). The van der Waals surface area contributed by atoms with Gasteiger partial charge in [0.2, 0.25) is 5.91 Å². The molecule has 0 bridgehead atoms. The molecule has 7 nitrogen and oxygen atoms in total. The van der Waals surface area contributed by atoms with Gasteiger partial charge in [-0.25, -0.2) is 15.0 Å². The summed E-state index contributed by atoms with van der Waals surface area (Å²) in [5, 5.41) is 12.5. The molecule has 3 atom stereocenters. The highest BCUT2D eigenvalue weighted by molar-refractivity contribution is 5.86. The average molecular weight is 434 g/mol. The van der Waals surface area contributed by atoms with Gasteiger partial charge in [-0.3, -0.25) is 4.79 Å². The molecule has 1 aliphatic heterocycles. The summed E-state index contributed by atoms with van der Waals surface area (Å²) in [6.45, 7) is 3.24. The number of fused-ring (bicyclic) bond motifs is 1. The number of rotatable bonds is 4. The summed E-state index contributed by atoms with van der Waals surface area (Å²) < 4.78 is 40.5. The molecule has 29 heavy (non-hydrogen) atoms. The van der Waals surface area contributed by atoms with Crippen molar-refractivity contribution in [2.24, 2.45) is 11.8 Å². The van der Waals surface area contributed by atoms with Gasteiger partial charge in [-0.1, -0.05) is 13.8 Å². The maximum Gasteiger partial charge on any atom is 0.393 e. The van der Waals surface area contributed by atoms with Crippen molar-refractivity contribution in [3.05, 3.63) is 24.7 Å². The Morgan fingerprint density at radius 2 is 1.86 bits per heavy atom. The number of carbonyl (C=O) groups excluding carboxylic acids is 1. The lowest BCUT2D eigenvalue weighted by Gasteiger charge is -2.40. The minimum absolute atomic E-state index is 0. The fourth-order valence-electron chi connectivity index (χ4n) is 3.35. The second kappa shape index (κ2) is 9.08. The van der Waals surface area contributed by atoms with E-state index in [1.807, 2.05) is 0 Å². The van der Waals surface area contributed by atoms with Crippen LogP contribution < -0.4 is 10.2 Å². The Bertz CT molecular complexity index is 846. The molecule has 0 aliphatic carbocycles. The van der Waals surface area contributed by atoms with Gasteiger partial charge in [-0.05, 0) is 18.4 Å². The fraction of sp³-hybridized carbons (Fsp3) is 0.556. The van der Waals surface area contributed by atoms with Crippen molar-refractivity contribution in [2.45, 2.75) is 38.6 Å². The molecule has 1 saturated heterocycles. The SMILES string of the molecule is CC(C)[C@H](O)C(=O)N[C@@H]1C[C@H](C(F)(F)F)CN(c2ccnc3nccnc23)C1.Cl. The molecule has 1 fully saturated rings. The predicted molar refractivity (Wildman–Crippen MR) is 104 cm³/mol.